The Morgan fingerprint density at radius 1 is 1.38 bits per heavy atom. The van der Waals surface area contributed by atoms with E-state index in [0.717, 1.165) is 26.1 Å². The lowest BCUT2D eigenvalue weighted by atomic mass is 9.97. The fourth-order valence-electron chi connectivity index (χ4n) is 2.49. The molecule has 21 heavy (non-hydrogen) atoms. The van der Waals surface area contributed by atoms with Gasteiger partial charge in [-0.05, 0) is 23.5 Å². The van der Waals surface area contributed by atoms with Gasteiger partial charge in [0, 0.05) is 26.1 Å². The summed E-state index contributed by atoms with van der Waals surface area (Å²) < 4.78 is 5.83. The quantitative estimate of drug-likeness (QED) is 0.756. The van der Waals surface area contributed by atoms with Crippen LogP contribution in [0.5, 0.6) is 0 Å². The number of carbonyl (C=O) groups excluding carboxylic acids is 1. The van der Waals surface area contributed by atoms with E-state index in [9.17, 15) is 4.79 Å². The lowest BCUT2D eigenvalue weighted by molar-refractivity contribution is -0.121. The molecule has 1 aromatic carbocycles. The summed E-state index contributed by atoms with van der Waals surface area (Å²) in [5.74, 6) is 0.607. The van der Waals surface area contributed by atoms with E-state index < -0.39 is 0 Å². The number of ether oxygens (including phenoxy) is 1. The maximum absolute atomic E-state index is 11.6. The van der Waals surface area contributed by atoms with Gasteiger partial charge in [-0.1, -0.05) is 38.1 Å². The molecule has 0 saturated heterocycles. The molecule has 1 aliphatic heterocycles. The molecular weight excluding hydrogens is 264 g/mol. The van der Waals surface area contributed by atoms with Crippen LogP contribution in [0.25, 0.3) is 0 Å². The van der Waals surface area contributed by atoms with Crippen LogP contribution >= 0.6 is 0 Å². The molecule has 0 aromatic heterocycles. The average Bonchev–Trinajstić information content (AvgIpc) is 2.49. The van der Waals surface area contributed by atoms with Crippen molar-refractivity contribution in [2.45, 2.75) is 32.8 Å². The second-order valence-corrected chi connectivity index (χ2v) is 5.96. The fourth-order valence-corrected chi connectivity index (χ4v) is 2.49. The van der Waals surface area contributed by atoms with Crippen LogP contribution in [0, 0.1) is 5.92 Å². The third-order valence-corrected chi connectivity index (χ3v) is 3.66. The highest BCUT2D eigenvalue weighted by Gasteiger charge is 2.19. The van der Waals surface area contributed by atoms with Crippen molar-refractivity contribution in [2.75, 3.05) is 26.2 Å². The molecule has 4 nitrogen and oxygen atoms in total. The molecule has 2 N–H and O–H groups in total. The Labute approximate surface area is 127 Å². The summed E-state index contributed by atoms with van der Waals surface area (Å²) in [5.41, 5.74) is 2.66. The summed E-state index contributed by atoms with van der Waals surface area (Å²) in [4.78, 5) is 11.6. The van der Waals surface area contributed by atoms with E-state index in [2.05, 4.69) is 48.7 Å². The normalized spacial score (nSPS) is 17.6. The standard InChI is InChI=1S/C17H26N2O2/c1-13(2)11-19-17(20)7-9-18-12-16-15-6-4-3-5-14(15)8-10-21-16/h3-6,13,16,18H,7-12H2,1-2H3,(H,19,20). The average molecular weight is 290 g/mol. The Morgan fingerprint density at radius 3 is 3.00 bits per heavy atom. The summed E-state index contributed by atoms with van der Waals surface area (Å²) in [7, 11) is 0. The number of amides is 1. The van der Waals surface area contributed by atoms with Crippen molar-refractivity contribution in [3.8, 4) is 0 Å². The van der Waals surface area contributed by atoms with Crippen LogP contribution in [0.15, 0.2) is 24.3 Å². The minimum absolute atomic E-state index is 0.105. The van der Waals surface area contributed by atoms with E-state index >= 15 is 0 Å². The predicted octanol–water partition coefficient (Wildman–Crippen LogP) is 2.05. The summed E-state index contributed by atoms with van der Waals surface area (Å²) in [5, 5.41) is 6.25. The zero-order valence-corrected chi connectivity index (χ0v) is 13.0. The molecule has 4 heteroatoms. The first kappa shape index (κ1) is 16.0. The van der Waals surface area contributed by atoms with Crippen molar-refractivity contribution in [3.05, 3.63) is 35.4 Å². The largest absolute Gasteiger partial charge is 0.372 e. The number of hydrogen-bond acceptors (Lipinski definition) is 3. The van der Waals surface area contributed by atoms with Crippen LogP contribution in [-0.2, 0) is 16.0 Å². The van der Waals surface area contributed by atoms with Gasteiger partial charge in [0.25, 0.3) is 0 Å². The topological polar surface area (TPSA) is 50.4 Å². The van der Waals surface area contributed by atoms with Gasteiger partial charge in [0.2, 0.25) is 5.91 Å². The monoisotopic (exact) mass is 290 g/mol. The number of fused-ring (bicyclic) bond motifs is 1. The highest BCUT2D eigenvalue weighted by molar-refractivity contribution is 5.76. The molecule has 0 radical (unpaired) electrons. The smallest absolute Gasteiger partial charge is 0.221 e. The Kier molecular flexibility index (Phi) is 6.21. The number of nitrogens with one attached hydrogen (secondary N) is 2. The lowest BCUT2D eigenvalue weighted by Gasteiger charge is -2.26. The van der Waals surface area contributed by atoms with Gasteiger partial charge in [-0.15, -0.1) is 0 Å². The molecule has 1 aliphatic rings. The third-order valence-electron chi connectivity index (χ3n) is 3.66. The van der Waals surface area contributed by atoms with Crippen molar-refractivity contribution in [1.29, 1.82) is 0 Å². The van der Waals surface area contributed by atoms with Crippen LogP contribution in [0.1, 0.15) is 37.5 Å². The van der Waals surface area contributed by atoms with Crippen LogP contribution in [0.2, 0.25) is 0 Å². The van der Waals surface area contributed by atoms with Crippen molar-refractivity contribution in [3.63, 3.8) is 0 Å². The van der Waals surface area contributed by atoms with E-state index in [0.29, 0.717) is 18.9 Å². The predicted molar refractivity (Wildman–Crippen MR) is 84.2 cm³/mol. The van der Waals surface area contributed by atoms with Gasteiger partial charge in [-0.2, -0.15) is 0 Å². The van der Waals surface area contributed by atoms with Gasteiger partial charge >= 0.3 is 0 Å². The molecule has 1 aromatic rings. The Hall–Kier alpha value is -1.39. The van der Waals surface area contributed by atoms with Crippen molar-refractivity contribution >= 4 is 5.91 Å². The molecule has 116 valence electrons. The van der Waals surface area contributed by atoms with Crippen molar-refractivity contribution in [2.24, 2.45) is 5.92 Å². The zero-order valence-electron chi connectivity index (χ0n) is 13.0. The summed E-state index contributed by atoms with van der Waals surface area (Å²) in [6.45, 7) is 7.16. The Balaban J connectivity index is 1.69. The molecule has 1 unspecified atom stereocenters. The summed E-state index contributed by atoms with van der Waals surface area (Å²) >= 11 is 0. The van der Waals surface area contributed by atoms with Gasteiger partial charge in [-0.25, -0.2) is 0 Å². The minimum atomic E-state index is 0.105. The first-order valence-corrected chi connectivity index (χ1v) is 7.83. The molecule has 0 fully saturated rings. The summed E-state index contributed by atoms with van der Waals surface area (Å²) in [6.07, 6.45) is 1.61. The van der Waals surface area contributed by atoms with Crippen LogP contribution in [-0.4, -0.2) is 32.1 Å². The zero-order chi connectivity index (χ0) is 15.1. The minimum Gasteiger partial charge on any atom is -0.372 e. The molecular formula is C17H26N2O2. The molecule has 0 aliphatic carbocycles. The molecule has 0 bridgehead atoms. The van der Waals surface area contributed by atoms with E-state index in [1.807, 2.05) is 0 Å². The van der Waals surface area contributed by atoms with E-state index in [4.69, 9.17) is 4.74 Å². The SMILES string of the molecule is CC(C)CNC(=O)CCNCC1OCCc2ccccc21. The molecule has 0 saturated carbocycles. The molecule has 0 spiro atoms. The van der Waals surface area contributed by atoms with Crippen LogP contribution in [0.4, 0.5) is 0 Å². The van der Waals surface area contributed by atoms with E-state index in [1.54, 1.807) is 0 Å². The number of carbonyl (C=O) groups is 1. The number of hydrogen-bond donors (Lipinski definition) is 2. The highest BCUT2D eigenvalue weighted by Crippen LogP contribution is 2.25. The Morgan fingerprint density at radius 2 is 2.19 bits per heavy atom. The van der Waals surface area contributed by atoms with Crippen LogP contribution < -0.4 is 10.6 Å². The first-order chi connectivity index (χ1) is 10.2. The maximum atomic E-state index is 11.6. The molecule has 1 amide bonds. The van der Waals surface area contributed by atoms with Gasteiger partial charge < -0.3 is 15.4 Å². The first-order valence-electron chi connectivity index (χ1n) is 7.83. The van der Waals surface area contributed by atoms with Crippen LogP contribution in [0.3, 0.4) is 0 Å². The van der Waals surface area contributed by atoms with Crippen molar-refractivity contribution < 1.29 is 9.53 Å². The fraction of sp³-hybridized carbons (Fsp3) is 0.588. The summed E-state index contributed by atoms with van der Waals surface area (Å²) in [6, 6.07) is 8.44. The van der Waals surface area contributed by atoms with E-state index in [1.165, 1.54) is 11.1 Å². The molecule has 1 atom stereocenters. The molecule has 2 rings (SSSR count). The second-order valence-electron chi connectivity index (χ2n) is 5.96. The maximum Gasteiger partial charge on any atom is 0.221 e. The van der Waals surface area contributed by atoms with Gasteiger partial charge in [0.15, 0.2) is 0 Å². The number of benzene rings is 1. The van der Waals surface area contributed by atoms with Crippen molar-refractivity contribution in [1.82, 2.24) is 10.6 Å². The van der Waals surface area contributed by atoms with E-state index in [-0.39, 0.29) is 12.0 Å². The van der Waals surface area contributed by atoms with Gasteiger partial charge in [0.1, 0.15) is 0 Å². The van der Waals surface area contributed by atoms with Gasteiger partial charge in [0.05, 0.1) is 12.7 Å². The Bertz CT molecular complexity index is 460. The third kappa shape index (κ3) is 5.14. The second kappa shape index (κ2) is 8.15. The van der Waals surface area contributed by atoms with Gasteiger partial charge in [-0.3, -0.25) is 4.79 Å². The molecule has 1 heterocycles. The highest BCUT2D eigenvalue weighted by atomic mass is 16.5. The lowest BCUT2D eigenvalue weighted by Crippen LogP contribution is -2.32. The number of rotatable bonds is 7.